The molecule has 0 spiro atoms. The zero-order valence-electron chi connectivity index (χ0n) is 12.6. The van der Waals surface area contributed by atoms with Crippen molar-refractivity contribution in [3.05, 3.63) is 34.9 Å². The first-order valence-electron chi connectivity index (χ1n) is 6.72. The molecule has 0 aromatic heterocycles. The highest BCUT2D eigenvalue weighted by molar-refractivity contribution is 5.98. The van der Waals surface area contributed by atoms with Crippen LogP contribution in [0.5, 0.6) is 0 Å². The summed E-state index contributed by atoms with van der Waals surface area (Å²) in [5.74, 6) is 4.91. The highest BCUT2D eigenvalue weighted by atomic mass is 16.2. The Labute approximate surface area is 125 Å². The normalized spacial score (nSPS) is 9.52. The summed E-state index contributed by atoms with van der Waals surface area (Å²) in [5.41, 5.74) is 1.90. The highest BCUT2D eigenvalue weighted by Crippen LogP contribution is 2.12. The van der Waals surface area contributed by atoms with Crippen molar-refractivity contribution in [1.29, 1.82) is 0 Å². The molecule has 0 aliphatic carbocycles. The molecule has 0 atom stereocenters. The van der Waals surface area contributed by atoms with Crippen molar-refractivity contribution in [2.75, 3.05) is 26.7 Å². The third-order valence-electron chi connectivity index (χ3n) is 3.18. The van der Waals surface area contributed by atoms with Gasteiger partial charge in [-0.3, -0.25) is 9.59 Å². The lowest BCUT2D eigenvalue weighted by Gasteiger charge is -2.15. The Kier molecular flexibility index (Phi) is 6.44. The van der Waals surface area contributed by atoms with Gasteiger partial charge in [-0.1, -0.05) is 17.9 Å². The van der Waals surface area contributed by atoms with Crippen molar-refractivity contribution in [1.82, 2.24) is 10.2 Å². The maximum atomic E-state index is 12.1. The van der Waals surface area contributed by atoms with Gasteiger partial charge in [0.15, 0.2) is 0 Å². The van der Waals surface area contributed by atoms with Crippen LogP contribution >= 0.6 is 0 Å². The van der Waals surface area contributed by atoms with E-state index >= 15 is 0 Å². The molecule has 21 heavy (non-hydrogen) atoms. The van der Waals surface area contributed by atoms with E-state index in [4.69, 9.17) is 5.11 Å². The molecule has 1 aromatic rings. The molecule has 0 unspecified atom stereocenters. The Morgan fingerprint density at radius 2 is 2.10 bits per heavy atom. The number of carbonyl (C=O) groups is 2. The monoisotopic (exact) mass is 288 g/mol. The van der Waals surface area contributed by atoms with Crippen LogP contribution in [0.3, 0.4) is 0 Å². The molecule has 0 aliphatic rings. The van der Waals surface area contributed by atoms with Gasteiger partial charge in [0.2, 0.25) is 5.91 Å². The molecule has 112 valence electrons. The van der Waals surface area contributed by atoms with E-state index in [1.807, 2.05) is 6.92 Å². The van der Waals surface area contributed by atoms with Crippen molar-refractivity contribution < 1.29 is 14.7 Å². The van der Waals surface area contributed by atoms with E-state index < -0.39 is 0 Å². The standard InChI is InChI=1S/C16H20N2O3/c1-4-18(3)15(20)11-17-16(21)14-9-5-7-13(12(14)2)8-6-10-19/h5,7,9,19H,4,10-11H2,1-3H3,(H,17,21). The summed E-state index contributed by atoms with van der Waals surface area (Å²) < 4.78 is 0. The van der Waals surface area contributed by atoms with Gasteiger partial charge in [-0.05, 0) is 31.5 Å². The van der Waals surface area contributed by atoms with E-state index in [-0.39, 0.29) is 25.0 Å². The molecule has 0 aliphatic heterocycles. The zero-order chi connectivity index (χ0) is 15.8. The van der Waals surface area contributed by atoms with Gasteiger partial charge >= 0.3 is 0 Å². The summed E-state index contributed by atoms with van der Waals surface area (Å²) in [4.78, 5) is 25.3. The van der Waals surface area contributed by atoms with Gasteiger partial charge in [0.1, 0.15) is 6.61 Å². The molecular weight excluding hydrogens is 268 g/mol. The third-order valence-corrected chi connectivity index (χ3v) is 3.18. The van der Waals surface area contributed by atoms with E-state index in [0.717, 1.165) is 5.56 Å². The lowest BCUT2D eigenvalue weighted by molar-refractivity contribution is -0.128. The molecule has 0 bridgehead atoms. The molecule has 0 heterocycles. The highest BCUT2D eigenvalue weighted by Gasteiger charge is 2.13. The van der Waals surface area contributed by atoms with Crippen LogP contribution < -0.4 is 5.32 Å². The fraction of sp³-hybridized carbons (Fsp3) is 0.375. The molecule has 0 saturated heterocycles. The maximum Gasteiger partial charge on any atom is 0.252 e. The quantitative estimate of drug-likeness (QED) is 0.795. The van der Waals surface area contributed by atoms with Crippen LogP contribution in [0.15, 0.2) is 18.2 Å². The average Bonchev–Trinajstić information content (AvgIpc) is 2.50. The molecule has 2 N–H and O–H groups in total. The predicted molar refractivity (Wildman–Crippen MR) is 80.8 cm³/mol. The van der Waals surface area contributed by atoms with E-state index in [9.17, 15) is 9.59 Å². The third kappa shape index (κ3) is 4.62. The van der Waals surface area contributed by atoms with Crippen LogP contribution in [0.25, 0.3) is 0 Å². The van der Waals surface area contributed by atoms with Crippen molar-refractivity contribution in [2.24, 2.45) is 0 Å². The van der Waals surface area contributed by atoms with E-state index in [1.165, 1.54) is 4.90 Å². The molecular formula is C16H20N2O3. The number of aliphatic hydroxyl groups excluding tert-OH is 1. The Hall–Kier alpha value is -2.32. The largest absolute Gasteiger partial charge is 0.384 e. The zero-order valence-corrected chi connectivity index (χ0v) is 12.6. The average molecular weight is 288 g/mol. The molecule has 5 nitrogen and oxygen atoms in total. The Balaban J connectivity index is 2.82. The summed E-state index contributed by atoms with van der Waals surface area (Å²) in [7, 11) is 1.69. The van der Waals surface area contributed by atoms with Gasteiger partial charge in [0.25, 0.3) is 5.91 Å². The summed E-state index contributed by atoms with van der Waals surface area (Å²) in [6.07, 6.45) is 0. The van der Waals surface area contributed by atoms with Gasteiger partial charge in [-0.15, -0.1) is 0 Å². The Morgan fingerprint density at radius 3 is 2.71 bits per heavy atom. The first-order chi connectivity index (χ1) is 10.0. The van der Waals surface area contributed by atoms with E-state index in [0.29, 0.717) is 17.7 Å². The molecule has 0 fully saturated rings. The van der Waals surface area contributed by atoms with Gasteiger partial charge in [-0.2, -0.15) is 0 Å². The molecule has 0 radical (unpaired) electrons. The van der Waals surface area contributed by atoms with Crippen LogP contribution in [0, 0.1) is 18.8 Å². The second-order valence-electron chi connectivity index (χ2n) is 4.53. The van der Waals surface area contributed by atoms with Crippen molar-refractivity contribution in [3.8, 4) is 11.8 Å². The van der Waals surface area contributed by atoms with Gasteiger partial charge < -0.3 is 15.3 Å². The first-order valence-corrected chi connectivity index (χ1v) is 6.72. The summed E-state index contributed by atoms with van der Waals surface area (Å²) in [6.45, 7) is 3.99. The smallest absolute Gasteiger partial charge is 0.252 e. The Morgan fingerprint density at radius 1 is 1.38 bits per heavy atom. The fourth-order valence-electron chi connectivity index (χ4n) is 1.71. The number of hydrogen-bond acceptors (Lipinski definition) is 3. The van der Waals surface area contributed by atoms with Crippen molar-refractivity contribution in [2.45, 2.75) is 13.8 Å². The summed E-state index contributed by atoms with van der Waals surface area (Å²) in [5, 5.41) is 11.3. The van der Waals surface area contributed by atoms with E-state index in [2.05, 4.69) is 17.2 Å². The van der Waals surface area contributed by atoms with Gasteiger partial charge in [-0.25, -0.2) is 0 Å². The SMILES string of the molecule is CCN(C)C(=O)CNC(=O)c1cccc(C#CCO)c1C. The van der Waals surface area contributed by atoms with Gasteiger partial charge in [0.05, 0.1) is 6.54 Å². The summed E-state index contributed by atoms with van der Waals surface area (Å²) in [6, 6.07) is 5.19. The number of benzene rings is 1. The number of likely N-dealkylation sites (N-methyl/N-ethyl adjacent to an activating group) is 1. The first kappa shape index (κ1) is 16.7. The topological polar surface area (TPSA) is 69.6 Å². The number of nitrogens with zero attached hydrogens (tertiary/aromatic N) is 1. The lowest BCUT2D eigenvalue weighted by atomic mass is 10.0. The predicted octanol–water partition coefficient (Wildman–Crippen LogP) is 0.547. The summed E-state index contributed by atoms with van der Waals surface area (Å²) >= 11 is 0. The molecule has 0 saturated carbocycles. The second-order valence-corrected chi connectivity index (χ2v) is 4.53. The van der Waals surface area contributed by atoms with Crippen LogP contribution in [-0.4, -0.2) is 48.6 Å². The minimum atomic E-state index is -0.307. The number of carbonyl (C=O) groups excluding carboxylic acids is 2. The lowest BCUT2D eigenvalue weighted by Crippen LogP contribution is -2.38. The van der Waals surface area contributed by atoms with Crippen molar-refractivity contribution in [3.63, 3.8) is 0 Å². The number of rotatable bonds is 4. The van der Waals surface area contributed by atoms with Crippen LogP contribution in [0.4, 0.5) is 0 Å². The van der Waals surface area contributed by atoms with Crippen LogP contribution in [-0.2, 0) is 4.79 Å². The number of aliphatic hydroxyl groups is 1. The van der Waals surface area contributed by atoms with Crippen LogP contribution in [0.1, 0.15) is 28.4 Å². The second kappa shape index (κ2) is 8.08. The molecule has 2 amide bonds. The van der Waals surface area contributed by atoms with E-state index in [1.54, 1.807) is 32.2 Å². The minimum Gasteiger partial charge on any atom is -0.384 e. The number of amides is 2. The van der Waals surface area contributed by atoms with Gasteiger partial charge in [0, 0.05) is 24.7 Å². The molecule has 1 aromatic carbocycles. The van der Waals surface area contributed by atoms with Crippen molar-refractivity contribution >= 4 is 11.8 Å². The number of hydrogen-bond donors (Lipinski definition) is 2. The maximum absolute atomic E-state index is 12.1. The molecule has 5 heteroatoms. The Bertz CT molecular complexity index is 585. The fourth-order valence-corrected chi connectivity index (χ4v) is 1.71. The molecule has 1 rings (SSSR count). The number of nitrogens with one attached hydrogen (secondary N) is 1. The minimum absolute atomic E-state index is 0.0326. The van der Waals surface area contributed by atoms with Crippen LogP contribution in [0.2, 0.25) is 0 Å².